The summed E-state index contributed by atoms with van der Waals surface area (Å²) in [6, 6.07) is 7.47. The Morgan fingerprint density at radius 2 is 1.90 bits per heavy atom. The number of amides is 1. The van der Waals surface area contributed by atoms with Gasteiger partial charge in [0.15, 0.2) is 5.69 Å². The van der Waals surface area contributed by atoms with Crippen molar-refractivity contribution in [3.8, 4) is 11.4 Å². The van der Waals surface area contributed by atoms with Crippen molar-refractivity contribution in [2.75, 3.05) is 11.9 Å². The van der Waals surface area contributed by atoms with Crippen LogP contribution in [0.1, 0.15) is 27.8 Å². The molecule has 0 unspecified atom stereocenters. The summed E-state index contributed by atoms with van der Waals surface area (Å²) < 4.78 is 47.2. The minimum atomic E-state index is -4.94. The van der Waals surface area contributed by atoms with Crippen molar-refractivity contribution in [3.63, 3.8) is 0 Å². The van der Waals surface area contributed by atoms with Crippen LogP contribution in [0, 0.1) is 10.1 Å². The van der Waals surface area contributed by atoms with Gasteiger partial charge in [-0.15, -0.1) is 24.5 Å². The maximum Gasteiger partial charge on any atom is 0.573 e. The highest BCUT2D eigenvalue weighted by Gasteiger charge is 2.31. The molecule has 4 aromatic rings. The number of anilines is 1. The Morgan fingerprint density at radius 1 is 1.21 bits per heavy atom. The highest BCUT2D eigenvalue weighted by Crippen LogP contribution is 2.32. The Morgan fingerprint density at radius 3 is 2.51 bits per heavy atom. The fourth-order valence-corrected chi connectivity index (χ4v) is 4.58. The van der Waals surface area contributed by atoms with Crippen LogP contribution in [0.2, 0.25) is 5.02 Å². The number of halogens is 4. The third-order valence-corrected chi connectivity index (χ3v) is 6.19. The number of nitro benzene ring substituents is 1. The molecule has 2 aromatic carbocycles. The van der Waals surface area contributed by atoms with Crippen molar-refractivity contribution in [2.45, 2.75) is 13.3 Å². The third-order valence-electron chi connectivity index (χ3n) is 5.06. The molecule has 0 saturated heterocycles. The SMILES string of the molecule is CCOC(=O)c1nn(-c2ccc(OC(F)(F)F)cc2)c(=O)c2c(NC(=O)c3cc(Cl)ccc3[N+](=O)[O-])scc12. The Kier molecular flexibility index (Phi) is 7.56. The largest absolute Gasteiger partial charge is 0.573 e. The van der Waals surface area contributed by atoms with Gasteiger partial charge in [0.05, 0.1) is 22.6 Å². The lowest BCUT2D eigenvalue weighted by Crippen LogP contribution is -2.25. The number of ether oxygens (including phenoxy) is 2. The lowest BCUT2D eigenvalue weighted by Gasteiger charge is -2.12. The molecule has 0 atom stereocenters. The van der Waals surface area contributed by atoms with Crippen molar-refractivity contribution in [1.29, 1.82) is 0 Å². The van der Waals surface area contributed by atoms with Crippen LogP contribution in [0.5, 0.6) is 5.75 Å². The summed E-state index contributed by atoms with van der Waals surface area (Å²) >= 11 is 6.74. The van der Waals surface area contributed by atoms with Gasteiger partial charge in [-0.05, 0) is 43.3 Å². The van der Waals surface area contributed by atoms with E-state index in [1.54, 1.807) is 6.92 Å². The lowest BCUT2D eigenvalue weighted by atomic mass is 10.1. The van der Waals surface area contributed by atoms with E-state index in [4.69, 9.17) is 16.3 Å². The van der Waals surface area contributed by atoms with Gasteiger partial charge in [-0.25, -0.2) is 4.79 Å². The van der Waals surface area contributed by atoms with Gasteiger partial charge in [-0.1, -0.05) is 11.6 Å². The van der Waals surface area contributed by atoms with E-state index < -0.39 is 40.2 Å². The second-order valence-corrected chi connectivity index (χ2v) is 8.87. The first kappa shape index (κ1) is 27.5. The van der Waals surface area contributed by atoms with E-state index in [1.807, 2.05) is 0 Å². The molecule has 2 aromatic heterocycles. The highest BCUT2D eigenvalue weighted by atomic mass is 35.5. The fourth-order valence-electron chi connectivity index (χ4n) is 3.48. The smallest absolute Gasteiger partial charge is 0.461 e. The number of thiophene rings is 1. The molecule has 11 nitrogen and oxygen atoms in total. The van der Waals surface area contributed by atoms with Gasteiger partial charge in [-0.2, -0.15) is 9.78 Å². The molecule has 1 amide bonds. The van der Waals surface area contributed by atoms with Crippen LogP contribution < -0.4 is 15.6 Å². The molecular formula is C23H14ClF3N4O7S. The molecule has 0 bridgehead atoms. The average molecular weight is 583 g/mol. The van der Waals surface area contributed by atoms with Gasteiger partial charge >= 0.3 is 12.3 Å². The molecule has 2 heterocycles. The highest BCUT2D eigenvalue weighted by molar-refractivity contribution is 7.16. The Labute approximate surface area is 224 Å². The molecule has 202 valence electrons. The number of hydrogen-bond donors (Lipinski definition) is 1. The summed E-state index contributed by atoms with van der Waals surface area (Å²) in [5.74, 6) is -2.42. The lowest BCUT2D eigenvalue weighted by molar-refractivity contribution is -0.385. The minimum Gasteiger partial charge on any atom is -0.461 e. The molecular weight excluding hydrogens is 569 g/mol. The van der Waals surface area contributed by atoms with E-state index >= 15 is 0 Å². The van der Waals surface area contributed by atoms with Crippen molar-refractivity contribution < 1.29 is 37.2 Å². The number of hydrogen-bond acceptors (Lipinski definition) is 9. The summed E-state index contributed by atoms with van der Waals surface area (Å²) in [5, 5.41) is 19.0. The first-order chi connectivity index (χ1) is 18.4. The molecule has 0 aliphatic rings. The van der Waals surface area contributed by atoms with Crippen LogP contribution >= 0.6 is 22.9 Å². The van der Waals surface area contributed by atoms with Gasteiger partial charge in [0.1, 0.15) is 16.3 Å². The maximum absolute atomic E-state index is 13.5. The van der Waals surface area contributed by atoms with Crippen molar-refractivity contribution >= 4 is 56.3 Å². The molecule has 0 radical (unpaired) electrons. The number of carbonyl (C=O) groups is 2. The predicted octanol–water partition coefficient (Wildman–Crippen LogP) is 5.34. The number of nitrogens with one attached hydrogen (secondary N) is 1. The topological polar surface area (TPSA) is 143 Å². The summed E-state index contributed by atoms with van der Waals surface area (Å²) in [4.78, 5) is 49.7. The second-order valence-electron chi connectivity index (χ2n) is 7.55. The average Bonchev–Trinajstić information content (AvgIpc) is 3.28. The van der Waals surface area contributed by atoms with E-state index in [1.165, 1.54) is 11.4 Å². The van der Waals surface area contributed by atoms with Gasteiger partial charge < -0.3 is 14.8 Å². The van der Waals surface area contributed by atoms with Crippen LogP contribution in [0.4, 0.5) is 23.9 Å². The zero-order valence-electron chi connectivity index (χ0n) is 19.4. The number of aromatic nitrogens is 2. The number of fused-ring (bicyclic) bond motifs is 1. The van der Waals surface area contributed by atoms with Gasteiger partial charge in [0, 0.05) is 21.9 Å². The number of carbonyl (C=O) groups excluding carboxylic acids is 2. The van der Waals surface area contributed by atoms with Crippen molar-refractivity contribution in [1.82, 2.24) is 9.78 Å². The van der Waals surface area contributed by atoms with E-state index in [-0.39, 0.29) is 44.3 Å². The van der Waals surface area contributed by atoms with Crippen LogP contribution in [0.15, 0.2) is 52.6 Å². The number of nitrogens with zero attached hydrogens (tertiary/aromatic N) is 3. The molecule has 0 fully saturated rings. The predicted molar refractivity (Wildman–Crippen MR) is 134 cm³/mol. The molecule has 0 aliphatic heterocycles. The van der Waals surface area contributed by atoms with Crippen LogP contribution in [0.25, 0.3) is 16.5 Å². The normalized spacial score (nSPS) is 11.3. The van der Waals surface area contributed by atoms with Gasteiger partial charge in [-0.3, -0.25) is 19.7 Å². The quantitative estimate of drug-likeness (QED) is 0.175. The summed E-state index contributed by atoms with van der Waals surface area (Å²) in [5.41, 5.74) is -2.11. The minimum absolute atomic E-state index is 0.0209. The van der Waals surface area contributed by atoms with Gasteiger partial charge in [0.25, 0.3) is 17.2 Å². The number of nitro groups is 1. The zero-order chi connectivity index (χ0) is 28.5. The van der Waals surface area contributed by atoms with Gasteiger partial charge in [0.2, 0.25) is 0 Å². The molecule has 4 rings (SSSR count). The monoisotopic (exact) mass is 582 g/mol. The summed E-state index contributed by atoms with van der Waals surface area (Å²) in [6.07, 6.45) is -4.94. The standard InChI is InChI=1S/C23H14ClF3N4O7S/c1-2-37-22(34)18-15-10-39-20(28-19(32)14-9-11(24)3-8-16(14)31(35)36)17(15)21(33)30(29-18)12-4-6-13(7-5-12)38-23(25,26)27/h3-10H,2H2,1H3,(H,28,32). The first-order valence-electron chi connectivity index (χ1n) is 10.7. The molecule has 0 spiro atoms. The molecule has 39 heavy (non-hydrogen) atoms. The van der Waals surface area contributed by atoms with Crippen LogP contribution in [0.3, 0.4) is 0 Å². The van der Waals surface area contributed by atoms with E-state index in [2.05, 4.69) is 15.2 Å². The molecule has 16 heteroatoms. The maximum atomic E-state index is 13.5. The third kappa shape index (κ3) is 5.83. The number of esters is 1. The molecule has 0 aliphatic carbocycles. The van der Waals surface area contributed by atoms with Crippen molar-refractivity contribution in [3.05, 3.63) is 84.6 Å². The Hall–Kier alpha value is -4.50. The van der Waals surface area contributed by atoms with E-state index in [0.717, 1.165) is 52.4 Å². The van der Waals surface area contributed by atoms with Crippen LogP contribution in [-0.4, -0.2) is 39.5 Å². The Balaban J connectivity index is 1.84. The molecule has 1 N–H and O–H groups in total. The zero-order valence-corrected chi connectivity index (χ0v) is 21.0. The second kappa shape index (κ2) is 10.7. The van der Waals surface area contributed by atoms with E-state index in [0.29, 0.717) is 0 Å². The van der Waals surface area contributed by atoms with Crippen LogP contribution in [-0.2, 0) is 4.74 Å². The summed E-state index contributed by atoms with van der Waals surface area (Å²) in [6.45, 7) is 1.51. The number of alkyl halides is 3. The number of rotatable bonds is 7. The summed E-state index contributed by atoms with van der Waals surface area (Å²) in [7, 11) is 0. The fraction of sp³-hybridized carbons (Fsp3) is 0.130. The Bertz CT molecular complexity index is 1670. The van der Waals surface area contributed by atoms with E-state index in [9.17, 15) is 37.7 Å². The van der Waals surface area contributed by atoms with Crippen molar-refractivity contribution in [2.24, 2.45) is 0 Å². The number of benzene rings is 2. The molecule has 0 saturated carbocycles. The first-order valence-corrected chi connectivity index (χ1v) is 12.0.